The van der Waals surface area contributed by atoms with E-state index in [0.717, 1.165) is 34.0 Å². The number of amides is 2. The molecule has 1 fully saturated rings. The van der Waals surface area contributed by atoms with E-state index in [0.29, 0.717) is 15.1 Å². The summed E-state index contributed by atoms with van der Waals surface area (Å²) in [5, 5.41) is -0.282. The van der Waals surface area contributed by atoms with Crippen molar-refractivity contribution in [2.24, 2.45) is 0 Å². The Kier molecular flexibility index (Phi) is 6.77. The van der Waals surface area contributed by atoms with Crippen molar-refractivity contribution in [2.45, 2.75) is 20.1 Å². The molecular weight excluding hydrogens is 493 g/mol. The molecule has 1 heterocycles. The number of carbonyl (C=O) groups excluding carboxylic acids is 2. The van der Waals surface area contributed by atoms with E-state index in [1.54, 1.807) is 30.3 Å². The minimum Gasteiger partial charge on any atom is -0.488 e. The van der Waals surface area contributed by atoms with E-state index in [1.807, 2.05) is 37.3 Å². The van der Waals surface area contributed by atoms with Gasteiger partial charge in [-0.1, -0.05) is 48.0 Å². The Hall–Kier alpha value is -2.90. The topological polar surface area (TPSA) is 46.6 Å². The summed E-state index contributed by atoms with van der Waals surface area (Å²) in [6.45, 7) is 2.47. The van der Waals surface area contributed by atoms with Crippen LogP contribution in [0.1, 0.15) is 22.3 Å². The monoisotopic (exact) mass is 511 g/mol. The summed E-state index contributed by atoms with van der Waals surface area (Å²) >= 11 is 4.41. The number of hydrogen-bond donors (Lipinski definition) is 0. The summed E-state index contributed by atoms with van der Waals surface area (Å²) in [6, 6.07) is 19.4. The first kappa shape index (κ1) is 22.3. The number of carbonyl (C=O) groups is 2. The van der Waals surface area contributed by atoms with Crippen molar-refractivity contribution in [1.82, 2.24) is 4.90 Å². The second kappa shape index (κ2) is 9.71. The molecule has 3 aromatic rings. The SMILES string of the molecule is Cc1ccc(CN2C(=O)S/C(=C\c3ccc(OCc4cccc(F)c4)c(Br)c3)C2=O)cc1. The van der Waals surface area contributed by atoms with Crippen molar-refractivity contribution in [3.63, 3.8) is 0 Å². The third-order valence-corrected chi connectivity index (χ3v) is 6.40. The minimum atomic E-state index is -0.308. The van der Waals surface area contributed by atoms with Crippen LogP contribution in [0, 0.1) is 12.7 Å². The number of aryl methyl sites for hydroxylation is 1. The average molecular weight is 512 g/mol. The lowest BCUT2D eigenvalue weighted by atomic mass is 10.1. The minimum absolute atomic E-state index is 0.230. The first-order chi connectivity index (χ1) is 15.4. The van der Waals surface area contributed by atoms with Gasteiger partial charge in [0.05, 0.1) is 15.9 Å². The molecule has 0 unspecified atom stereocenters. The quantitative estimate of drug-likeness (QED) is 0.345. The molecule has 0 aliphatic carbocycles. The van der Waals surface area contributed by atoms with Gasteiger partial charge in [-0.25, -0.2) is 4.39 Å². The molecular formula is C25H19BrFNO3S. The van der Waals surface area contributed by atoms with Crippen molar-refractivity contribution < 1.29 is 18.7 Å². The van der Waals surface area contributed by atoms with Gasteiger partial charge in [-0.2, -0.15) is 0 Å². The number of thioether (sulfide) groups is 1. The lowest BCUT2D eigenvalue weighted by Crippen LogP contribution is -2.27. The van der Waals surface area contributed by atoms with Crippen LogP contribution in [0.3, 0.4) is 0 Å². The lowest BCUT2D eigenvalue weighted by molar-refractivity contribution is -0.123. The summed E-state index contributed by atoms with van der Waals surface area (Å²) in [4.78, 5) is 26.8. The van der Waals surface area contributed by atoms with E-state index in [-0.39, 0.29) is 30.1 Å². The van der Waals surface area contributed by atoms with Crippen LogP contribution in [0.15, 0.2) is 76.1 Å². The van der Waals surface area contributed by atoms with E-state index in [2.05, 4.69) is 15.9 Å². The third kappa shape index (κ3) is 5.29. The molecule has 7 heteroatoms. The van der Waals surface area contributed by atoms with Crippen LogP contribution in [0.2, 0.25) is 0 Å². The van der Waals surface area contributed by atoms with Gasteiger partial charge in [-0.05, 0) is 81.6 Å². The highest BCUT2D eigenvalue weighted by molar-refractivity contribution is 9.10. The number of benzene rings is 3. The van der Waals surface area contributed by atoms with Crippen LogP contribution in [-0.4, -0.2) is 16.0 Å². The molecule has 162 valence electrons. The van der Waals surface area contributed by atoms with E-state index in [9.17, 15) is 14.0 Å². The maximum atomic E-state index is 13.3. The van der Waals surface area contributed by atoms with E-state index in [4.69, 9.17) is 4.74 Å². The number of nitrogens with zero attached hydrogens (tertiary/aromatic N) is 1. The van der Waals surface area contributed by atoms with E-state index in [1.165, 1.54) is 17.0 Å². The zero-order chi connectivity index (χ0) is 22.7. The van der Waals surface area contributed by atoms with E-state index >= 15 is 0 Å². The van der Waals surface area contributed by atoms with E-state index < -0.39 is 0 Å². The highest BCUT2D eigenvalue weighted by Crippen LogP contribution is 2.35. The van der Waals surface area contributed by atoms with Gasteiger partial charge in [-0.3, -0.25) is 14.5 Å². The Balaban J connectivity index is 1.45. The normalized spacial score (nSPS) is 15.0. The molecule has 1 aliphatic heterocycles. The number of halogens is 2. The largest absolute Gasteiger partial charge is 0.488 e. The third-order valence-electron chi connectivity index (χ3n) is 4.87. The molecule has 0 bridgehead atoms. The van der Waals surface area contributed by atoms with Gasteiger partial charge < -0.3 is 4.74 Å². The summed E-state index contributed by atoms with van der Waals surface area (Å²) in [7, 11) is 0. The summed E-state index contributed by atoms with van der Waals surface area (Å²) in [5.41, 5.74) is 3.51. The van der Waals surface area contributed by atoms with Gasteiger partial charge in [-0.15, -0.1) is 0 Å². The van der Waals surface area contributed by atoms with Crippen LogP contribution in [0.5, 0.6) is 5.75 Å². The molecule has 32 heavy (non-hydrogen) atoms. The molecule has 4 nitrogen and oxygen atoms in total. The molecule has 0 atom stereocenters. The number of imide groups is 1. The molecule has 1 aliphatic rings. The summed E-state index contributed by atoms with van der Waals surface area (Å²) in [6.07, 6.45) is 1.70. The molecule has 0 N–H and O–H groups in total. The van der Waals surface area contributed by atoms with Gasteiger partial charge in [0.1, 0.15) is 18.2 Å². The van der Waals surface area contributed by atoms with Gasteiger partial charge >= 0.3 is 0 Å². The summed E-state index contributed by atoms with van der Waals surface area (Å²) < 4.78 is 19.8. The maximum absolute atomic E-state index is 13.3. The fourth-order valence-corrected chi connectivity index (χ4v) is 4.52. The molecule has 0 radical (unpaired) electrons. The van der Waals surface area contributed by atoms with Crippen molar-refractivity contribution >= 4 is 44.9 Å². The average Bonchev–Trinajstić information content (AvgIpc) is 3.02. The zero-order valence-corrected chi connectivity index (χ0v) is 19.6. The highest BCUT2D eigenvalue weighted by atomic mass is 79.9. The Morgan fingerprint density at radius 1 is 1.03 bits per heavy atom. The zero-order valence-electron chi connectivity index (χ0n) is 17.2. The van der Waals surface area contributed by atoms with Crippen molar-refractivity contribution in [3.8, 4) is 5.75 Å². The molecule has 1 saturated heterocycles. The molecule has 0 spiro atoms. The second-order valence-corrected chi connectivity index (χ2v) is 9.21. The van der Waals surface area contributed by atoms with Crippen LogP contribution in [0.4, 0.5) is 9.18 Å². The van der Waals surface area contributed by atoms with Crippen molar-refractivity contribution in [1.29, 1.82) is 0 Å². The number of ether oxygens (including phenoxy) is 1. The molecule has 4 rings (SSSR count). The first-order valence-electron chi connectivity index (χ1n) is 9.87. The van der Waals surface area contributed by atoms with Crippen molar-refractivity contribution in [3.05, 3.63) is 104 Å². The predicted octanol–water partition coefficient (Wildman–Crippen LogP) is 6.71. The number of rotatable bonds is 6. The van der Waals surface area contributed by atoms with Crippen LogP contribution < -0.4 is 4.74 Å². The highest BCUT2D eigenvalue weighted by Gasteiger charge is 2.34. The lowest BCUT2D eigenvalue weighted by Gasteiger charge is -2.12. The second-order valence-electron chi connectivity index (χ2n) is 7.36. The van der Waals surface area contributed by atoms with Gasteiger partial charge in [0.2, 0.25) is 0 Å². The van der Waals surface area contributed by atoms with Gasteiger partial charge in [0.15, 0.2) is 0 Å². The van der Waals surface area contributed by atoms with Crippen LogP contribution in [0.25, 0.3) is 6.08 Å². The first-order valence-corrected chi connectivity index (χ1v) is 11.5. The molecule has 2 amide bonds. The van der Waals surface area contributed by atoms with Crippen LogP contribution >= 0.6 is 27.7 Å². The predicted molar refractivity (Wildman–Crippen MR) is 128 cm³/mol. The fourth-order valence-electron chi connectivity index (χ4n) is 3.18. The molecule has 0 aromatic heterocycles. The fraction of sp³-hybridized carbons (Fsp3) is 0.120. The maximum Gasteiger partial charge on any atom is 0.293 e. The molecule has 3 aromatic carbocycles. The van der Waals surface area contributed by atoms with Gasteiger partial charge in [0.25, 0.3) is 11.1 Å². The Morgan fingerprint density at radius 3 is 2.53 bits per heavy atom. The van der Waals surface area contributed by atoms with Crippen molar-refractivity contribution in [2.75, 3.05) is 0 Å². The Labute approximate surface area is 198 Å². The standard InChI is InChI=1S/C25H19BrFNO3S/c1-16-5-7-17(8-6-16)14-28-24(29)23(32-25(28)30)13-18-9-10-22(21(26)12-18)31-15-19-3-2-4-20(27)11-19/h2-13H,14-15H2,1H3/b23-13-. The van der Waals surface area contributed by atoms with Crippen LogP contribution in [-0.2, 0) is 17.9 Å². The number of hydrogen-bond acceptors (Lipinski definition) is 4. The Morgan fingerprint density at radius 2 is 1.81 bits per heavy atom. The smallest absolute Gasteiger partial charge is 0.293 e. The van der Waals surface area contributed by atoms with Gasteiger partial charge in [0, 0.05) is 0 Å². The summed E-state index contributed by atoms with van der Waals surface area (Å²) in [5.74, 6) is -0.0150. The Bertz CT molecular complexity index is 1210. The molecule has 0 saturated carbocycles.